The molecule has 2 atom stereocenters. The van der Waals surface area contributed by atoms with E-state index in [4.69, 9.17) is 32.8 Å². The van der Waals surface area contributed by atoms with Crippen molar-refractivity contribution in [3.05, 3.63) is 49.6 Å². The summed E-state index contributed by atoms with van der Waals surface area (Å²) < 4.78 is 62.4. The van der Waals surface area contributed by atoms with Crippen molar-refractivity contribution >= 4 is 52.3 Å². The number of nitrogens with zero attached hydrogens (tertiary/aromatic N) is 1. The number of halogens is 6. The van der Waals surface area contributed by atoms with Crippen LogP contribution in [0, 0.1) is 5.82 Å². The van der Waals surface area contributed by atoms with Crippen LogP contribution in [-0.4, -0.2) is 36.5 Å². The van der Waals surface area contributed by atoms with Crippen LogP contribution in [0.15, 0.2) is 17.3 Å². The minimum Gasteiger partial charge on any atom is -0.399 e. The predicted molar refractivity (Wildman–Crippen MR) is 123 cm³/mol. The Hall–Kier alpha value is -2.57. The van der Waals surface area contributed by atoms with Crippen LogP contribution in [0.25, 0.3) is 0 Å². The van der Waals surface area contributed by atoms with Crippen molar-refractivity contribution in [3.63, 3.8) is 0 Å². The van der Waals surface area contributed by atoms with Crippen LogP contribution in [-0.2, 0) is 28.1 Å². The van der Waals surface area contributed by atoms with Gasteiger partial charge in [-0.05, 0) is 43.4 Å². The lowest BCUT2D eigenvalue weighted by Gasteiger charge is -2.29. The average Bonchev–Trinajstić information content (AvgIpc) is 3.57. The number of hydrogen-bond acceptors (Lipinski definition) is 6. The zero-order chi connectivity index (χ0) is 25.8. The first-order valence-corrected chi connectivity index (χ1v) is 12.4. The number of fused-ring (bicyclic) bond motifs is 1. The molecule has 7 nitrogen and oxygen atoms in total. The molecule has 1 aliphatic carbocycles. The van der Waals surface area contributed by atoms with Gasteiger partial charge in [-0.3, -0.25) is 4.79 Å². The smallest absolute Gasteiger partial charge is 0.399 e. The summed E-state index contributed by atoms with van der Waals surface area (Å²) in [6, 6.07) is 0.941. The first kappa shape index (κ1) is 25.1. The number of carbonyl (C=O) groups is 2. The number of benzene rings is 1. The van der Waals surface area contributed by atoms with Crippen LogP contribution >= 0.6 is 34.5 Å². The average molecular weight is 566 g/mol. The second-order valence-electron chi connectivity index (χ2n) is 8.58. The molecule has 0 radical (unpaired) electrons. The summed E-state index contributed by atoms with van der Waals surface area (Å²) in [7, 11) is 0. The van der Waals surface area contributed by atoms with E-state index < -0.39 is 51.8 Å². The number of carbonyl (C=O) groups excluding carboxylic acids is 2. The Morgan fingerprint density at radius 1 is 1.25 bits per heavy atom. The van der Waals surface area contributed by atoms with Gasteiger partial charge < -0.3 is 20.2 Å². The molecule has 2 aliphatic heterocycles. The summed E-state index contributed by atoms with van der Waals surface area (Å²) in [6.45, 7) is 0.438. The van der Waals surface area contributed by atoms with Crippen molar-refractivity contribution in [3.8, 4) is 5.06 Å². The molecular formula is C22H17Cl2F4N3O4S. The molecule has 14 heteroatoms. The van der Waals surface area contributed by atoms with Crippen molar-refractivity contribution < 1.29 is 36.7 Å². The van der Waals surface area contributed by atoms with Gasteiger partial charge in [-0.1, -0.05) is 39.7 Å². The maximum atomic E-state index is 14.3. The lowest BCUT2D eigenvalue weighted by Crippen LogP contribution is -2.42. The Kier molecular flexibility index (Phi) is 6.32. The Morgan fingerprint density at radius 3 is 2.58 bits per heavy atom. The number of alkyl halides is 3. The molecule has 3 heterocycles. The summed E-state index contributed by atoms with van der Waals surface area (Å²) in [5.41, 5.74) is -1.95. The third-order valence-corrected chi connectivity index (χ3v) is 8.11. The van der Waals surface area contributed by atoms with Gasteiger partial charge in [-0.25, -0.2) is 9.18 Å². The predicted octanol–water partition coefficient (Wildman–Crippen LogP) is 5.24. The zero-order valence-electron chi connectivity index (χ0n) is 18.2. The molecule has 3 aliphatic rings. The SMILES string of the molecule is O=C(N[C@@H]1CCNC1=O)Oc1sc(C2=NOC(c3cc(Cl)c(F)c(Cl)c3)(C(F)(F)F)C2)c2c1CCC2. The molecule has 2 amide bonds. The highest BCUT2D eigenvalue weighted by Crippen LogP contribution is 2.52. The van der Waals surface area contributed by atoms with E-state index in [1.807, 2.05) is 0 Å². The van der Waals surface area contributed by atoms with Gasteiger partial charge in [-0.2, -0.15) is 13.2 Å². The van der Waals surface area contributed by atoms with Crippen molar-refractivity contribution in [2.24, 2.45) is 5.16 Å². The van der Waals surface area contributed by atoms with Crippen molar-refractivity contribution in [1.29, 1.82) is 0 Å². The van der Waals surface area contributed by atoms with Gasteiger partial charge >= 0.3 is 12.3 Å². The Balaban J connectivity index is 1.43. The molecule has 0 bridgehead atoms. The molecular weight excluding hydrogens is 549 g/mol. The second-order valence-corrected chi connectivity index (χ2v) is 10.4. The number of hydrogen-bond donors (Lipinski definition) is 2. The quantitative estimate of drug-likeness (QED) is 0.392. The number of rotatable bonds is 4. The lowest BCUT2D eigenvalue weighted by molar-refractivity contribution is -0.275. The molecule has 1 aromatic heterocycles. The maximum absolute atomic E-state index is 14.3. The molecule has 1 fully saturated rings. The molecule has 1 aromatic carbocycles. The Bertz CT molecular complexity index is 1280. The van der Waals surface area contributed by atoms with Gasteiger partial charge in [0, 0.05) is 17.7 Å². The van der Waals surface area contributed by atoms with Crippen LogP contribution in [0.1, 0.15) is 40.8 Å². The van der Waals surface area contributed by atoms with E-state index in [-0.39, 0.29) is 16.7 Å². The summed E-state index contributed by atoms with van der Waals surface area (Å²) in [4.78, 5) is 29.5. The Morgan fingerprint density at radius 2 is 1.94 bits per heavy atom. The van der Waals surface area contributed by atoms with Crippen LogP contribution in [0.5, 0.6) is 5.06 Å². The number of amides is 2. The van der Waals surface area contributed by atoms with E-state index >= 15 is 0 Å². The molecule has 0 spiro atoms. The zero-order valence-corrected chi connectivity index (χ0v) is 20.6. The second kappa shape index (κ2) is 9.07. The Labute approximate surface area is 215 Å². The maximum Gasteiger partial charge on any atom is 0.435 e. The molecule has 0 saturated carbocycles. The molecule has 1 unspecified atom stereocenters. The van der Waals surface area contributed by atoms with Gasteiger partial charge in [0.15, 0.2) is 10.9 Å². The summed E-state index contributed by atoms with van der Waals surface area (Å²) in [5, 5.41) is 7.93. The van der Waals surface area contributed by atoms with Crippen molar-refractivity contribution in [2.45, 2.75) is 49.9 Å². The van der Waals surface area contributed by atoms with Crippen LogP contribution in [0.3, 0.4) is 0 Å². The fourth-order valence-electron chi connectivity index (χ4n) is 4.55. The standard InChI is InChI=1S/C22H17Cl2F4N3O4S/c23-12-6-9(7-13(24)16(12)25)21(22(26,27)28)8-15(31-35-21)17-10-2-1-3-11(10)19(36-17)34-20(33)30-14-4-5-29-18(14)32/h6-7,14H,1-5,8H2,(H,29,32)(H,30,33)/t14-,21?/m1/s1. The fourth-order valence-corrected chi connectivity index (χ4v) is 6.27. The molecule has 5 rings (SSSR count). The van der Waals surface area contributed by atoms with Crippen LogP contribution < -0.4 is 15.4 Å². The van der Waals surface area contributed by atoms with Gasteiger partial charge in [0.05, 0.1) is 21.3 Å². The van der Waals surface area contributed by atoms with E-state index in [9.17, 15) is 27.2 Å². The topological polar surface area (TPSA) is 89.0 Å². The first-order valence-electron chi connectivity index (χ1n) is 10.9. The van der Waals surface area contributed by atoms with E-state index in [0.717, 1.165) is 35.5 Å². The van der Waals surface area contributed by atoms with Gasteiger partial charge in [0.2, 0.25) is 5.91 Å². The summed E-state index contributed by atoms with van der Waals surface area (Å²) in [6.07, 6.45) is -4.21. The van der Waals surface area contributed by atoms with Crippen LogP contribution in [0.2, 0.25) is 10.0 Å². The molecule has 36 heavy (non-hydrogen) atoms. The van der Waals surface area contributed by atoms with E-state index in [1.165, 1.54) is 0 Å². The summed E-state index contributed by atoms with van der Waals surface area (Å²) in [5.74, 6) is -1.35. The highest BCUT2D eigenvalue weighted by atomic mass is 35.5. The number of thiophene rings is 1. The minimum absolute atomic E-state index is 0.0115. The lowest BCUT2D eigenvalue weighted by atomic mass is 9.87. The monoisotopic (exact) mass is 565 g/mol. The highest BCUT2D eigenvalue weighted by molar-refractivity contribution is 7.16. The third-order valence-electron chi connectivity index (χ3n) is 6.36. The molecule has 1 saturated heterocycles. The molecule has 2 N–H and O–H groups in total. The van der Waals surface area contributed by atoms with E-state index in [2.05, 4.69) is 15.8 Å². The fraction of sp³-hybridized carbons (Fsp3) is 0.409. The normalized spacial score (nSPS) is 23.2. The highest BCUT2D eigenvalue weighted by Gasteiger charge is 2.63. The van der Waals surface area contributed by atoms with E-state index in [0.29, 0.717) is 36.2 Å². The van der Waals surface area contributed by atoms with Gasteiger partial charge in [-0.15, -0.1) is 0 Å². The molecule has 192 valence electrons. The van der Waals surface area contributed by atoms with Crippen molar-refractivity contribution in [1.82, 2.24) is 10.6 Å². The largest absolute Gasteiger partial charge is 0.435 e. The first-order chi connectivity index (χ1) is 17.0. The third kappa shape index (κ3) is 4.18. The molecule has 2 aromatic rings. The number of oxime groups is 1. The van der Waals surface area contributed by atoms with E-state index in [1.54, 1.807) is 0 Å². The number of ether oxygens (including phenoxy) is 1. The van der Waals surface area contributed by atoms with Crippen molar-refractivity contribution in [2.75, 3.05) is 6.54 Å². The summed E-state index contributed by atoms with van der Waals surface area (Å²) >= 11 is 12.5. The van der Waals surface area contributed by atoms with Gasteiger partial charge in [0.25, 0.3) is 5.60 Å². The van der Waals surface area contributed by atoms with Crippen LogP contribution in [0.4, 0.5) is 22.4 Å². The minimum atomic E-state index is -4.94. The van der Waals surface area contributed by atoms with Gasteiger partial charge in [0.1, 0.15) is 11.8 Å². The number of nitrogens with one attached hydrogen (secondary N) is 2.